The summed E-state index contributed by atoms with van der Waals surface area (Å²) in [6.07, 6.45) is 4.72. The average Bonchev–Trinajstić information content (AvgIpc) is 3.41. The summed E-state index contributed by atoms with van der Waals surface area (Å²) in [4.78, 5) is 21.7. The Kier molecular flexibility index (Phi) is 3.80. The molecule has 0 saturated heterocycles. The molecule has 1 fully saturated rings. The van der Waals surface area contributed by atoms with Crippen LogP contribution in [0.1, 0.15) is 12.8 Å². The molecule has 1 saturated carbocycles. The maximum absolute atomic E-state index is 12.5. The van der Waals surface area contributed by atoms with E-state index in [1.165, 1.54) is 17.2 Å². The molecule has 0 aliphatic heterocycles. The lowest BCUT2D eigenvalue weighted by Crippen LogP contribution is -2.19. The van der Waals surface area contributed by atoms with E-state index in [9.17, 15) is 13.2 Å². The van der Waals surface area contributed by atoms with Crippen LogP contribution < -0.4 is 10.9 Å². The lowest BCUT2D eigenvalue weighted by atomic mass is 10.1. The van der Waals surface area contributed by atoms with Gasteiger partial charge in [0.2, 0.25) is 0 Å². The maximum Gasteiger partial charge on any atom is 0.264 e. The Morgan fingerprint density at radius 1 is 1.23 bits per heavy atom. The highest BCUT2D eigenvalue weighted by molar-refractivity contribution is 7.90. The second kappa shape index (κ2) is 5.91. The van der Waals surface area contributed by atoms with Crippen molar-refractivity contribution in [2.45, 2.75) is 23.8 Å². The molecule has 0 bridgehead atoms. The van der Waals surface area contributed by atoms with Crippen molar-refractivity contribution < 1.29 is 8.42 Å². The van der Waals surface area contributed by atoms with Crippen molar-refractivity contribution in [3.05, 3.63) is 47.0 Å². The van der Waals surface area contributed by atoms with Crippen molar-refractivity contribution in [3.63, 3.8) is 0 Å². The molecule has 8 heteroatoms. The van der Waals surface area contributed by atoms with Crippen LogP contribution in [0.5, 0.6) is 0 Å². The Bertz CT molecular complexity index is 1180. The Morgan fingerprint density at radius 2 is 2.00 bits per heavy atom. The summed E-state index contributed by atoms with van der Waals surface area (Å²) in [6.45, 7) is 0. The van der Waals surface area contributed by atoms with Gasteiger partial charge in [-0.2, -0.15) is 0 Å². The molecule has 1 aliphatic carbocycles. The van der Waals surface area contributed by atoms with Gasteiger partial charge in [-0.25, -0.2) is 18.4 Å². The first-order valence-corrected chi connectivity index (χ1v) is 10.2. The fraction of sp³-hybridized carbons (Fsp3) is 0.278. The van der Waals surface area contributed by atoms with E-state index >= 15 is 0 Å². The molecular formula is C18H18N4O3S. The van der Waals surface area contributed by atoms with Crippen molar-refractivity contribution in [1.82, 2.24) is 14.5 Å². The number of pyridine rings is 1. The zero-order chi connectivity index (χ0) is 18.5. The summed E-state index contributed by atoms with van der Waals surface area (Å²) in [5.41, 5.74) is 1.61. The zero-order valence-electron chi connectivity index (χ0n) is 14.4. The topological polar surface area (TPSA) is 93.9 Å². The average molecular weight is 370 g/mol. The first-order valence-electron chi connectivity index (χ1n) is 8.26. The van der Waals surface area contributed by atoms with Crippen LogP contribution in [0, 0.1) is 0 Å². The number of aryl methyl sites for hydroxylation is 1. The van der Waals surface area contributed by atoms with Crippen LogP contribution >= 0.6 is 0 Å². The molecule has 2 heterocycles. The number of nitrogens with one attached hydrogen (secondary N) is 1. The summed E-state index contributed by atoms with van der Waals surface area (Å²) >= 11 is 0. The molecule has 3 aromatic rings. The van der Waals surface area contributed by atoms with Crippen molar-refractivity contribution in [1.29, 1.82) is 0 Å². The van der Waals surface area contributed by atoms with E-state index in [2.05, 4.69) is 15.3 Å². The Hall–Kier alpha value is -2.74. The Balaban J connectivity index is 1.94. The van der Waals surface area contributed by atoms with Gasteiger partial charge in [0.15, 0.2) is 9.84 Å². The van der Waals surface area contributed by atoms with E-state index in [0.717, 1.165) is 12.8 Å². The van der Waals surface area contributed by atoms with Crippen molar-refractivity contribution in [3.8, 4) is 11.3 Å². The largest absolute Gasteiger partial charge is 0.367 e. The molecule has 1 N–H and O–H groups in total. The van der Waals surface area contributed by atoms with E-state index in [0.29, 0.717) is 34.0 Å². The van der Waals surface area contributed by atoms with Gasteiger partial charge in [-0.3, -0.25) is 4.79 Å². The highest BCUT2D eigenvalue weighted by Gasteiger charge is 2.24. The number of fused-ring (bicyclic) bond motifs is 1. The minimum Gasteiger partial charge on any atom is -0.367 e. The molecule has 134 valence electrons. The summed E-state index contributed by atoms with van der Waals surface area (Å²) in [6, 6.07) is 8.65. The second-order valence-corrected chi connectivity index (χ2v) is 8.65. The van der Waals surface area contributed by atoms with Crippen molar-refractivity contribution >= 4 is 26.6 Å². The minimum atomic E-state index is -3.32. The third-order valence-corrected chi connectivity index (χ3v) is 5.49. The molecule has 1 aromatic carbocycles. The first-order chi connectivity index (χ1) is 12.3. The lowest BCUT2D eigenvalue weighted by Gasteiger charge is -2.11. The SMILES string of the molecule is Cn1cnc2cc(-c3cccc(S(C)(=O)=O)c3)nc(NC3CC3)c2c1=O. The van der Waals surface area contributed by atoms with Gasteiger partial charge in [0.25, 0.3) is 5.56 Å². The first kappa shape index (κ1) is 16.7. The fourth-order valence-corrected chi connectivity index (χ4v) is 3.45. The van der Waals surface area contributed by atoms with E-state index in [1.54, 1.807) is 37.4 Å². The molecule has 1 aliphatic rings. The monoisotopic (exact) mass is 370 g/mol. The Labute approximate surface area is 150 Å². The molecule has 0 spiro atoms. The Morgan fingerprint density at radius 3 is 2.69 bits per heavy atom. The molecule has 0 amide bonds. The molecule has 7 nitrogen and oxygen atoms in total. The van der Waals surface area contributed by atoms with Gasteiger partial charge >= 0.3 is 0 Å². The highest BCUT2D eigenvalue weighted by Crippen LogP contribution is 2.30. The van der Waals surface area contributed by atoms with Crippen molar-refractivity contribution in [2.24, 2.45) is 7.05 Å². The number of nitrogens with zero attached hydrogens (tertiary/aromatic N) is 3. The maximum atomic E-state index is 12.5. The second-order valence-electron chi connectivity index (χ2n) is 6.63. The molecule has 0 unspecified atom stereocenters. The van der Waals surface area contributed by atoms with Crippen LogP contribution in [0.15, 0.2) is 46.3 Å². The molecular weight excluding hydrogens is 352 g/mol. The highest BCUT2D eigenvalue weighted by atomic mass is 32.2. The summed E-state index contributed by atoms with van der Waals surface area (Å²) in [7, 11) is -1.67. The number of sulfone groups is 1. The van der Waals surface area contributed by atoms with Gasteiger partial charge in [0.1, 0.15) is 11.2 Å². The molecule has 4 rings (SSSR count). The number of hydrogen-bond donors (Lipinski definition) is 1. The van der Waals surface area contributed by atoms with Gasteiger partial charge in [-0.1, -0.05) is 12.1 Å². The third kappa shape index (κ3) is 3.08. The quantitative estimate of drug-likeness (QED) is 0.755. The van der Waals surface area contributed by atoms with E-state index in [4.69, 9.17) is 0 Å². The van der Waals surface area contributed by atoms with Crippen LogP contribution in [0.3, 0.4) is 0 Å². The zero-order valence-corrected chi connectivity index (χ0v) is 15.2. The molecule has 26 heavy (non-hydrogen) atoms. The number of rotatable bonds is 4. The predicted octanol–water partition coefficient (Wildman–Crippen LogP) is 1.97. The predicted molar refractivity (Wildman–Crippen MR) is 100.0 cm³/mol. The molecule has 0 atom stereocenters. The normalized spacial score (nSPS) is 14.5. The fourth-order valence-electron chi connectivity index (χ4n) is 2.78. The van der Waals surface area contributed by atoms with Gasteiger partial charge in [0, 0.05) is 24.9 Å². The van der Waals surface area contributed by atoms with E-state index < -0.39 is 9.84 Å². The van der Waals surface area contributed by atoms with Gasteiger partial charge in [0.05, 0.1) is 22.4 Å². The molecule has 2 aromatic heterocycles. The van der Waals surface area contributed by atoms with E-state index in [-0.39, 0.29) is 10.5 Å². The van der Waals surface area contributed by atoms with Gasteiger partial charge < -0.3 is 9.88 Å². The van der Waals surface area contributed by atoms with E-state index in [1.807, 2.05) is 0 Å². The minimum absolute atomic E-state index is 0.165. The summed E-state index contributed by atoms with van der Waals surface area (Å²) in [5, 5.41) is 3.75. The van der Waals surface area contributed by atoms with Gasteiger partial charge in [-0.05, 0) is 31.0 Å². The van der Waals surface area contributed by atoms with Crippen LogP contribution in [0.25, 0.3) is 22.2 Å². The summed E-state index contributed by atoms with van der Waals surface area (Å²) < 4.78 is 25.1. The standard InChI is InChI=1S/C18H18N4O3S/c1-22-10-19-15-9-14(11-4-3-5-13(8-11)26(2,24)25)21-17(16(15)18(22)23)20-12-6-7-12/h3-5,8-10,12H,6-7H2,1-2H3,(H,20,21). The van der Waals surface area contributed by atoms with Crippen LogP contribution in [-0.4, -0.2) is 35.3 Å². The number of benzene rings is 1. The number of anilines is 1. The molecule has 0 radical (unpaired) electrons. The van der Waals surface area contributed by atoms with Crippen LogP contribution in [-0.2, 0) is 16.9 Å². The summed E-state index contributed by atoms with van der Waals surface area (Å²) in [5.74, 6) is 0.499. The third-order valence-electron chi connectivity index (χ3n) is 4.38. The lowest BCUT2D eigenvalue weighted by molar-refractivity contribution is 0.602. The van der Waals surface area contributed by atoms with Crippen LogP contribution in [0.2, 0.25) is 0 Å². The number of aromatic nitrogens is 3. The van der Waals surface area contributed by atoms with Crippen molar-refractivity contribution in [2.75, 3.05) is 11.6 Å². The number of hydrogen-bond acceptors (Lipinski definition) is 6. The van der Waals surface area contributed by atoms with Crippen LogP contribution in [0.4, 0.5) is 5.82 Å². The smallest absolute Gasteiger partial charge is 0.264 e. The van der Waals surface area contributed by atoms with Gasteiger partial charge in [-0.15, -0.1) is 0 Å².